The predicted octanol–water partition coefficient (Wildman–Crippen LogP) is 3.98. The second kappa shape index (κ2) is 8.78. The number of aryl methyl sites for hydroxylation is 1. The summed E-state index contributed by atoms with van der Waals surface area (Å²) in [5, 5.41) is 13.7. The van der Waals surface area contributed by atoms with Crippen molar-refractivity contribution in [3.05, 3.63) is 45.2 Å². The van der Waals surface area contributed by atoms with Crippen molar-refractivity contribution in [1.82, 2.24) is 19.1 Å². The summed E-state index contributed by atoms with van der Waals surface area (Å²) in [6.07, 6.45) is 3.85. The lowest BCUT2D eigenvalue weighted by atomic mass is 10.1. The fourth-order valence-corrected chi connectivity index (χ4v) is 4.01. The number of nitrogens with zero attached hydrogens (tertiary/aromatic N) is 4. The van der Waals surface area contributed by atoms with Crippen LogP contribution in [0.5, 0.6) is 0 Å². The van der Waals surface area contributed by atoms with Crippen LogP contribution < -0.4 is 11.0 Å². The molecule has 1 aromatic carbocycles. The van der Waals surface area contributed by atoms with Crippen LogP contribution in [0.25, 0.3) is 11.0 Å². The van der Waals surface area contributed by atoms with Crippen molar-refractivity contribution in [3.63, 3.8) is 0 Å². The van der Waals surface area contributed by atoms with Gasteiger partial charge in [-0.3, -0.25) is 9.13 Å². The third-order valence-electron chi connectivity index (χ3n) is 5.35. The van der Waals surface area contributed by atoms with E-state index in [0.717, 1.165) is 30.5 Å². The van der Waals surface area contributed by atoms with Gasteiger partial charge in [-0.25, -0.2) is 9.78 Å². The highest BCUT2D eigenvalue weighted by Crippen LogP contribution is 2.27. The monoisotopic (exact) mass is 465 g/mol. The first-order chi connectivity index (χ1) is 14.7. The number of nitrogens with one attached hydrogen (secondary N) is 1. The first-order valence-corrected chi connectivity index (χ1v) is 11.0. The normalized spacial score (nSPS) is 16.9. The van der Waals surface area contributed by atoms with Crippen molar-refractivity contribution in [2.75, 3.05) is 11.9 Å². The van der Waals surface area contributed by atoms with E-state index in [1.54, 1.807) is 23.0 Å². The molecule has 0 bridgehead atoms. The Labute approximate surface area is 189 Å². The smallest absolute Gasteiger partial charge is 0.329 e. The molecular weight excluding hydrogens is 441 g/mol. The molecule has 2 N–H and O–H groups in total. The van der Waals surface area contributed by atoms with Gasteiger partial charge in [0.15, 0.2) is 5.82 Å². The quantitative estimate of drug-likeness (QED) is 0.512. The van der Waals surface area contributed by atoms with Crippen molar-refractivity contribution >= 4 is 45.7 Å². The van der Waals surface area contributed by atoms with Crippen LogP contribution in [0.1, 0.15) is 33.1 Å². The average molecular weight is 466 g/mol. The largest absolute Gasteiger partial charge is 0.390 e. The van der Waals surface area contributed by atoms with E-state index in [0.29, 0.717) is 36.0 Å². The Morgan fingerprint density at radius 2 is 2.10 bits per heavy atom. The Morgan fingerprint density at radius 1 is 1.29 bits per heavy atom. The Balaban J connectivity index is 1.74. The number of aliphatic hydroxyl groups is 1. The van der Waals surface area contributed by atoms with Gasteiger partial charge in [0, 0.05) is 18.8 Å². The topological polar surface area (TPSA) is 94.2 Å². The minimum Gasteiger partial charge on any atom is -0.390 e. The van der Waals surface area contributed by atoms with Crippen molar-refractivity contribution in [2.24, 2.45) is 0 Å². The summed E-state index contributed by atoms with van der Waals surface area (Å²) >= 11 is 12.1. The third-order valence-corrected chi connectivity index (χ3v) is 5.81. The van der Waals surface area contributed by atoms with Crippen molar-refractivity contribution in [1.29, 1.82) is 0 Å². The number of ether oxygens (including phenoxy) is 1. The number of anilines is 2. The van der Waals surface area contributed by atoms with Crippen LogP contribution >= 0.6 is 23.2 Å². The van der Waals surface area contributed by atoms with Crippen LogP contribution in [0, 0.1) is 0 Å². The van der Waals surface area contributed by atoms with E-state index < -0.39 is 5.60 Å². The second-order valence-corrected chi connectivity index (χ2v) is 9.15. The van der Waals surface area contributed by atoms with Crippen LogP contribution in [0.15, 0.2) is 29.2 Å². The summed E-state index contributed by atoms with van der Waals surface area (Å²) < 4.78 is 9.20. The number of benzene rings is 1. The molecule has 0 saturated carbocycles. The van der Waals surface area contributed by atoms with E-state index >= 15 is 0 Å². The number of hydrogen-bond donors (Lipinski definition) is 2. The molecule has 2 aromatic heterocycles. The molecule has 3 heterocycles. The van der Waals surface area contributed by atoms with Gasteiger partial charge in [0.1, 0.15) is 5.02 Å². The number of fused-ring (bicyclic) bond motifs is 1. The van der Waals surface area contributed by atoms with Crippen LogP contribution in [0.4, 0.5) is 11.5 Å². The summed E-state index contributed by atoms with van der Waals surface area (Å²) in [7, 11) is 0. The minimum absolute atomic E-state index is 0.0331. The molecule has 31 heavy (non-hydrogen) atoms. The van der Waals surface area contributed by atoms with E-state index in [4.69, 9.17) is 27.9 Å². The highest BCUT2D eigenvalue weighted by atomic mass is 35.5. The maximum Gasteiger partial charge on any atom is 0.329 e. The number of rotatable bonds is 7. The van der Waals surface area contributed by atoms with Gasteiger partial charge < -0.3 is 15.2 Å². The predicted molar refractivity (Wildman–Crippen MR) is 121 cm³/mol. The van der Waals surface area contributed by atoms with Gasteiger partial charge in [-0.2, -0.15) is 4.98 Å². The molecule has 0 unspecified atom stereocenters. The minimum atomic E-state index is -0.885. The lowest BCUT2D eigenvalue weighted by Crippen LogP contribution is -2.30. The average Bonchev–Trinajstić information content (AvgIpc) is 3.30. The fourth-order valence-electron chi connectivity index (χ4n) is 3.74. The summed E-state index contributed by atoms with van der Waals surface area (Å²) in [5.74, 6) is 0.380. The van der Waals surface area contributed by atoms with E-state index in [2.05, 4.69) is 15.3 Å². The van der Waals surface area contributed by atoms with Gasteiger partial charge in [0.25, 0.3) is 0 Å². The fraction of sp³-hybridized carbons (Fsp3) is 0.476. The SMILES string of the molecule is CC(C)(O)CCn1c(=O)n(C[C@H]2CCCO2)c2ccc(Nc3nc(Cl)ncc3Cl)cc21. The number of aromatic nitrogens is 4. The van der Waals surface area contributed by atoms with Crippen LogP contribution in [-0.2, 0) is 17.8 Å². The molecule has 1 aliphatic heterocycles. The van der Waals surface area contributed by atoms with E-state index in [9.17, 15) is 9.90 Å². The summed E-state index contributed by atoms with van der Waals surface area (Å²) in [4.78, 5) is 21.2. The molecule has 4 rings (SSSR count). The highest BCUT2D eigenvalue weighted by molar-refractivity contribution is 6.33. The van der Waals surface area contributed by atoms with Gasteiger partial charge in [0.2, 0.25) is 5.28 Å². The maximum atomic E-state index is 13.3. The Hall–Kier alpha value is -2.13. The van der Waals surface area contributed by atoms with Crippen molar-refractivity contribution < 1.29 is 9.84 Å². The number of imidazole rings is 1. The molecule has 166 valence electrons. The van der Waals surface area contributed by atoms with Gasteiger partial charge in [-0.15, -0.1) is 0 Å². The van der Waals surface area contributed by atoms with Crippen LogP contribution in [0.3, 0.4) is 0 Å². The molecule has 0 spiro atoms. The lowest BCUT2D eigenvalue weighted by molar-refractivity contribution is 0.0660. The van der Waals surface area contributed by atoms with Gasteiger partial charge >= 0.3 is 5.69 Å². The van der Waals surface area contributed by atoms with E-state index in [1.807, 2.05) is 18.2 Å². The second-order valence-electron chi connectivity index (χ2n) is 8.41. The Kier molecular flexibility index (Phi) is 6.25. The third kappa shape index (κ3) is 5.03. The molecular formula is C21H25Cl2N5O3. The number of hydrogen-bond acceptors (Lipinski definition) is 6. The molecule has 0 amide bonds. The van der Waals surface area contributed by atoms with Gasteiger partial charge in [0.05, 0.1) is 35.5 Å². The van der Waals surface area contributed by atoms with Crippen LogP contribution in [0.2, 0.25) is 10.3 Å². The molecule has 10 heteroatoms. The molecule has 1 saturated heterocycles. The van der Waals surface area contributed by atoms with Crippen molar-refractivity contribution in [2.45, 2.75) is 57.9 Å². The molecule has 1 atom stereocenters. The zero-order chi connectivity index (χ0) is 22.2. The molecule has 1 fully saturated rings. The molecule has 3 aromatic rings. The highest BCUT2D eigenvalue weighted by Gasteiger charge is 2.22. The van der Waals surface area contributed by atoms with E-state index in [1.165, 1.54) is 6.20 Å². The Morgan fingerprint density at radius 3 is 2.81 bits per heavy atom. The summed E-state index contributed by atoms with van der Waals surface area (Å²) in [6, 6.07) is 5.63. The summed E-state index contributed by atoms with van der Waals surface area (Å²) in [5.41, 5.74) is 1.27. The molecule has 0 radical (unpaired) electrons. The molecule has 8 nitrogen and oxygen atoms in total. The first kappa shape index (κ1) is 22.1. The lowest BCUT2D eigenvalue weighted by Gasteiger charge is -2.17. The zero-order valence-electron chi connectivity index (χ0n) is 17.4. The summed E-state index contributed by atoms with van der Waals surface area (Å²) in [6.45, 7) is 5.09. The standard InChI is InChI=1S/C21H25Cl2N5O3/c1-21(2,30)7-8-27-17-10-13(25-18-15(22)11-24-19(23)26-18)5-6-16(17)28(20(27)29)12-14-4-3-9-31-14/h5-6,10-11,14,30H,3-4,7-9,12H2,1-2H3,(H,24,25,26)/t14-/m1/s1. The zero-order valence-corrected chi connectivity index (χ0v) is 18.9. The molecule has 1 aliphatic rings. The maximum absolute atomic E-state index is 13.3. The first-order valence-electron chi connectivity index (χ1n) is 10.2. The Bertz CT molecular complexity index is 1150. The van der Waals surface area contributed by atoms with E-state index in [-0.39, 0.29) is 17.1 Å². The molecule has 0 aliphatic carbocycles. The van der Waals surface area contributed by atoms with Gasteiger partial charge in [-0.1, -0.05) is 11.6 Å². The number of halogens is 2. The van der Waals surface area contributed by atoms with Crippen LogP contribution in [-0.4, -0.2) is 42.5 Å². The van der Waals surface area contributed by atoms with Crippen molar-refractivity contribution in [3.8, 4) is 0 Å². The van der Waals surface area contributed by atoms with Gasteiger partial charge in [-0.05, 0) is 62.9 Å².